The molecule has 0 fully saturated rings. The summed E-state index contributed by atoms with van der Waals surface area (Å²) in [5.41, 5.74) is 3.15. The third-order valence-electron chi connectivity index (χ3n) is 3.88. The van der Waals surface area contributed by atoms with Crippen LogP contribution in [0.15, 0.2) is 48.5 Å². The van der Waals surface area contributed by atoms with Gasteiger partial charge < -0.3 is 10.1 Å². The third kappa shape index (κ3) is 2.74. The van der Waals surface area contributed by atoms with E-state index in [9.17, 15) is 4.79 Å². The highest BCUT2D eigenvalue weighted by atomic mass is 35.5. The van der Waals surface area contributed by atoms with Gasteiger partial charge in [0.15, 0.2) is 0 Å². The van der Waals surface area contributed by atoms with E-state index < -0.39 is 0 Å². The molecule has 0 bridgehead atoms. The molecule has 0 radical (unpaired) electrons. The van der Waals surface area contributed by atoms with Crippen LogP contribution < -0.4 is 5.32 Å². The topological polar surface area (TPSA) is 38.3 Å². The Morgan fingerprint density at radius 3 is 2.71 bits per heavy atom. The predicted octanol–water partition coefficient (Wildman–Crippen LogP) is 3.84. The molecule has 1 aliphatic heterocycles. The fraction of sp³-hybridized carbons (Fsp3) is 0.235. The van der Waals surface area contributed by atoms with E-state index >= 15 is 0 Å². The summed E-state index contributed by atoms with van der Waals surface area (Å²) in [6.45, 7) is 0. The molecule has 0 spiro atoms. The number of rotatable bonds is 2. The summed E-state index contributed by atoms with van der Waals surface area (Å²) in [5, 5.41) is 4.12. The van der Waals surface area contributed by atoms with Crippen molar-refractivity contribution in [1.29, 1.82) is 0 Å². The summed E-state index contributed by atoms with van der Waals surface area (Å²) in [4.78, 5) is 12.2. The van der Waals surface area contributed by atoms with Gasteiger partial charge in [0, 0.05) is 10.7 Å². The highest BCUT2D eigenvalue weighted by Gasteiger charge is 2.35. The van der Waals surface area contributed by atoms with Crippen molar-refractivity contribution in [3.8, 4) is 0 Å². The maximum atomic E-state index is 12.2. The number of anilines is 1. The summed E-state index contributed by atoms with van der Waals surface area (Å²) in [6.07, 6.45) is 0.620. The van der Waals surface area contributed by atoms with Gasteiger partial charge in [0.1, 0.15) is 0 Å². The number of halogens is 1. The molecule has 2 unspecified atom stereocenters. The second-order valence-electron chi connectivity index (χ2n) is 5.17. The number of esters is 1. The normalized spacial score (nSPS) is 20.3. The van der Waals surface area contributed by atoms with E-state index in [-0.39, 0.29) is 17.9 Å². The van der Waals surface area contributed by atoms with Crippen LogP contribution in [0.4, 0.5) is 5.69 Å². The second kappa shape index (κ2) is 5.78. The highest BCUT2D eigenvalue weighted by molar-refractivity contribution is 6.30. The van der Waals surface area contributed by atoms with Gasteiger partial charge in [0.05, 0.1) is 19.1 Å². The van der Waals surface area contributed by atoms with Crippen molar-refractivity contribution in [3.63, 3.8) is 0 Å². The molecule has 2 atom stereocenters. The fourth-order valence-corrected chi connectivity index (χ4v) is 3.04. The lowest BCUT2D eigenvalue weighted by Gasteiger charge is -2.33. The van der Waals surface area contributed by atoms with Crippen LogP contribution >= 0.6 is 11.6 Å². The van der Waals surface area contributed by atoms with Crippen LogP contribution in [0.5, 0.6) is 0 Å². The Morgan fingerprint density at radius 2 is 2.00 bits per heavy atom. The summed E-state index contributed by atoms with van der Waals surface area (Å²) in [5.74, 6) is -0.467. The molecule has 3 rings (SSSR count). The number of ether oxygens (including phenoxy) is 1. The molecular formula is C17H16ClNO2. The smallest absolute Gasteiger partial charge is 0.311 e. The van der Waals surface area contributed by atoms with E-state index in [1.807, 2.05) is 48.5 Å². The Hall–Kier alpha value is -2.00. The van der Waals surface area contributed by atoms with Crippen LogP contribution in [0, 0.1) is 5.92 Å². The molecule has 2 aromatic carbocycles. The average Bonchev–Trinajstić information content (AvgIpc) is 2.53. The zero-order chi connectivity index (χ0) is 14.8. The maximum Gasteiger partial charge on any atom is 0.311 e. The molecule has 0 saturated carbocycles. The van der Waals surface area contributed by atoms with E-state index in [4.69, 9.17) is 16.3 Å². The van der Waals surface area contributed by atoms with E-state index in [1.165, 1.54) is 7.11 Å². The second-order valence-corrected chi connectivity index (χ2v) is 5.60. The monoisotopic (exact) mass is 301 g/mol. The molecule has 1 N–H and O–H groups in total. The zero-order valence-electron chi connectivity index (χ0n) is 11.7. The van der Waals surface area contributed by atoms with Gasteiger partial charge in [-0.15, -0.1) is 0 Å². The summed E-state index contributed by atoms with van der Waals surface area (Å²) >= 11 is 6.05. The van der Waals surface area contributed by atoms with Gasteiger partial charge in [-0.2, -0.15) is 0 Å². The van der Waals surface area contributed by atoms with Crippen LogP contribution in [0.25, 0.3) is 0 Å². The van der Waals surface area contributed by atoms with Gasteiger partial charge >= 0.3 is 5.97 Å². The van der Waals surface area contributed by atoms with Crippen molar-refractivity contribution in [1.82, 2.24) is 0 Å². The maximum absolute atomic E-state index is 12.2. The van der Waals surface area contributed by atoms with Gasteiger partial charge in [0.25, 0.3) is 0 Å². The van der Waals surface area contributed by atoms with Crippen LogP contribution in [-0.2, 0) is 16.0 Å². The first-order valence-electron chi connectivity index (χ1n) is 6.87. The van der Waals surface area contributed by atoms with Crippen molar-refractivity contribution in [2.45, 2.75) is 12.5 Å². The molecule has 1 aliphatic rings. The fourth-order valence-electron chi connectivity index (χ4n) is 2.84. The third-order valence-corrected chi connectivity index (χ3v) is 4.12. The Labute approximate surface area is 128 Å². The first kappa shape index (κ1) is 14.0. The van der Waals surface area contributed by atoms with Crippen LogP contribution in [0.3, 0.4) is 0 Å². The first-order chi connectivity index (χ1) is 10.2. The average molecular weight is 302 g/mol. The molecule has 0 amide bonds. The van der Waals surface area contributed by atoms with Crippen LogP contribution in [0.2, 0.25) is 5.02 Å². The van der Waals surface area contributed by atoms with E-state index in [1.54, 1.807) is 0 Å². The predicted molar refractivity (Wildman–Crippen MR) is 83.5 cm³/mol. The Morgan fingerprint density at radius 1 is 1.24 bits per heavy atom. The van der Waals surface area contributed by atoms with E-state index in [0.29, 0.717) is 11.4 Å². The molecule has 1 heterocycles. The number of fused-ring (bicyclic) bond motifs is 1. The highest BCUT2D eigenvalue weighted by Crippen LogP contribution is 2.38. The van der Waals surface area contributed by atoms with Crippen molar-refractivity contribution in [2.75, 3.05) is 12.4 Å². The number of hydrogen-bond acceptors (Lipinski definition) is 3. The summed E-state index contributed by atoms with van der Waals surface area (Å²) in [6, 6.07) is 15.6. The van der Waals surface area contributed by atoms with Crippen LogP contribution in [0.1, 0.15) is 17.2 Å². The largest absolute Gasteiger partial charge is 0.469 e. The number of hydrogen-bond donors (Lipinski definition) is 1. The number of carbonyl (C=O) groups is 1. The van der Waals surface area contributed by atoms with Crippen molar-refractivity contribution in [2.24, 2.45) is 5.92 Å². The number of nitrogens with one attached hydrogen (secondary N) is 1. The summed E-state index contributed by atoms with van der Waals surface area (Å²) in [7, 11) is 1.43. The molecule has 4 heteroatoms. The Bertz CT molecular complexity index is 657. The van der Waals surface area contributed by atoms with E-state index in [0.717, 1.165) is 16.8 Å². The van der Waals surface area contributed by atoms with Crippen molar-refractivity contribution < 1.29 is 9.53 Å². The minimum absolute atomic E-state index is 0.0904. The molecule has 21 heavy (non-hydrogen) atoms. The standard InChI is InChI=1S/C17H16ClNO2/c1-21-17(20)14-10-12-9-13(18)7-8-15(12)19-16(14)11-5-3-2-4-6-11/h2-9,14,16,19H,10H2,1H3. The van der Waals surface area contributed by atoms with Gasteiger partial charge in [-0.3, -0.25) is 4.79 Å². The van der Waals surface area contributed by atoms with Crippen LogP contribution in [-0.4, -0.2) is 13.1 Å². The Kier molecular flexibility index (Phi) is 3.84. The number of methoxy groups -OCH3 is 1. The molecule has 0 saturated heterocycles. The lowest BCUT2D eigenvalue weighted by molar-refractivity contribution is -0.146. The van der Waals surface area contributed by atoms with Gasteiger partial charge in [-0.25, -0.2) is 0 Å². The minimum Gasteiger partial charge on any atom is -0.469 e. The van der Waals surface area contributed by atoms with E-state index in [2.05, 4.69) is 5.32 Å². The minimum atomic E-state index is -0.261. The number of carbonyl (C=O) groups excluding carboxylic acids is 1. The molecule has 0 aromatic heterocycles. The number of benzene rings is 2. The molecule has 108 valence electrons. The lowest BCUT2D eigenvalue weighted by atomic mass is 9.83. The quantitative estimate of drug-likeness (QED) is 0.857. The summed E-state index contributed by atoms with van der Waals surface area (Å²) < 4.78 is 4.97. The molecule has 0 aliphatic carbocycles. The Balaban J connectivity index is 2.01. The van der Waals surface area contributed by atoms with Gasteiger partial charge in [0.2, 0.25) is 0 Å². The zero-order valence-corrected chi connectivity index (χ0v) is 12.4. The molecule has 2 aromatic rings. The SMILES string of the molecule is COC(=O)C1Cc2cc(Cl)ccc2NC1c1ccccc1. The lowest BCUT2D eigenvalue weighted by Crippen LogP contribution is -2.34. The van der Waals surface area contributed by atoms with Crippen molar-refractivity contribution in [3.05, 3.63) is 64.7 Å². The van der Waals surface area contributed by atoms with Gasteiger partial charge in [-0.05, 0) is 35.7 Å². The van der Waals surface area contributed by atoms with Crippen molar-refractivity contribution >= 4 is 23.3 Å². The molecule has 3 nitrogen and oxygen atoms in total. The first-order valence-corrected chi connectivity index (χ1v) is 7.24. The molecular weight excluding hydrogens is 286 g/mol. The van der Waals surface area contributed by atoms with Gasteiger partial charge in [-0.1, -0.05) is 41.9 Å².